The first-order valence-corrected chi connectivity index (χ1v) is 5.57. The van der Waals surface area contributed by atoms with Crippen molar-refractivity contribution in [2.24, 2.45) is 0 Å². The number of amides is 1. The van der Waals surface area contributed by atoms with Gasteiger partial charge in [0.2, 0.25) is 5.91 Å². The summed E-state index contributed by atoms with van der Waals surface area (Å²) in [5, 5.41) is 2.74. The van der Waals surface area contributed by atoms with E-state index in [4.69, 9.17) is 0 Å². The predicted octanol–water partition coefficient (Wildman–Crippen LogP) is 1.81. The van der Waals surface area contributed by atoms with E-state index >= 15 is 0 Å². The molecule has 0 aromatic rings. The van der Waals surface area contributed by atoms with Gasteiger partial charge in [0.25, 0.3) is 0 Å². The third-order valence-electron chi connectivity index (χ3n) is 2.56. The second-order valence-corrected chi connectivity index (χ2v) is 3.91. The van der Waals surface area contributed by atoms with E-state index in [1.54, 1.807) is 0 Å². The Morgan fingerprint density at radius 3 is 1.71 bits per heavy atom. The lowest BCUT2D eigenvalue weighted by molar-refractivity contribution is -0.122. The summed E-state index contributed by atoms with van der Waals surface area (Å²) in [5.74, 6) is 0.678. The molecule has 1 N–H and O–H groups in total. The first-order valence-electron chi connectivity index (χ1n) is 5.57. The molecule has 0 aromatic carbocycles. The van der Waals surface area contributed by atoms with Crippen LogP contribution in [0, 0.1) is 0 Å². The second kappa shape index (κ2) is 6.57. The average Bonchev–Trinajstić information content (AvgIpc) is 2.21. The van der Waals surface area contributed by atoms with Crippen LogP contribution in [0.3, 0.4) is 0 Å². The van der Waals surface area contributed by atoms with E-state index in [0.717, 1.165) is 51.5 Å². The molecule has 1 aliphatic carbocycles. The van der Waals surface area contributed by atoms with Gasteiger partial charge in [0.15, 0.2) is 0 Å². The van der Waals surface area contributed by atoms with Crippen LogP contribution < -0.4 is 5.32 Å². The zero-order valence-electron chi connectivity index (χ0n) is 8.68. The molecule has 1 heterocycles. The van der Waals surface area contributed by atoms with E-state index in [2.05, 4.69) is 5.32 Å². The molecule has 0 aromatic heterocycles. The summed E-state index contributed by atoms with van der Waals surface area (Å²) in [5.41, 5.74) is 0. The van der Waals surface area contributed by atoms with Crippen LogP contribution in [0.15, 0.2) is 0 Å². The normalized spacial score (nSPS) is 22.0. The van der Waals surface area contributed by atoms with Crippen LogP contribution in [0.1, 0.15) is 51.4 Å². The van der Waals surface area contributed by atoms with Crippen molar-refractivity contribution in [2.75, 3.05) is 6.54 Å². The Balaban J connectivity index is 0.000000140. The molecule has 1 saturated carbocycles. The number of rotatable bonds is 0. The smallest absolute Gasteiger partial charge is 0.219 e. The molecule has 2 aliphatic rings. The molecule has 0 radical (unpaired) electrons. The lowest BCUT2D eigenvalue weighted by Gasteiger charge is -2.08. The Morgan fingerprint density at radius 1 is 0.786 bits per heavy atom. The summed E-state index contributed by atoms with van der Waals surface area (Å²) in [6.07, 6.45) is 8.21. The first-order chi connectivity index (χ1) is 6.79. The van der Waals surface area contributed by atoms with E-state index in [-0.39, 0.29) is 5.91 Å². The Hall–Kier alpha value is -0.860. The number of ketones is 1. The Bertz CT molecular complexity index is 163. The first kappa shape index (κ1) is 11.2. The standard InChI is InChI=1S/C6H10O.C5H9NO/c7-6-4-2-1-3-5-6;7-5-3-1-2-4-6-5/h1-5H2;1-4H2,(H,6,7). The fraction of sp³-hybridized carbons (Fsp3) is 0.818. The fourth-order valence-electron chi connectivity index (χ4n) is 1.67. The van der Waals surface area contributed by atoms with Gasteiger partial charge in [-0.25, -0.2) is 0 Å². The zero-order valence-corrected chi connectivity index (χ0v) is 8.68. The highest BCUT2D eigenvalue weighted by Crippen LogP contribution is 2.12. The number of carbonyl (C=O) groups is 2. The topological polar surface area (TPSA) is 46.2 Å². The van der Waals surface area contributed by atoms with E-state index in [1.807, 2.05) is 0 Å². The lowest BCUT2D eigenvalue weighted by atomic mass is 10.00. The van der Waals surface area contributed by atoms with Gasteiger partial charge < -0.3 is 5.32 Å². The van der Waals surface area contributed by atoms with Crippen molar-refractivity contribution in [1.29, 1.82) is 0 Å². The summed E-state index contributed by atoms with van der Waals surface area (Å²) in [6, 6.07) is 0. The summed E-state index contributed by atoms with van der Waals surface area (Å²) in [6.45, 7) is 0.888. The molecule has 1 saturated heterocycles. The second-order valence-electron chi connectivity index (χ2n) is 3.91. The van der Waals surface area contributed by atoms with Crippen molar-refractivity contribution in [3.8, 4) is 0 Å². The number of carbonyl (C=O) groups excluding carboxylic acids is 2. The summed E-state index contributed by atoms with van der Waals surface area (Å²) in [7, 11) is 0. The minimum atomic E-state index is 0.214. The minimum absolute atomic E-state index is 0.214. The van der Waals surface area contributed by atoms with Gasteiger partial charge in [-0.15, -0.1) is 0 Å². The molecular weight excluding hydrogens is 178 g/mol. The van der Waals surface area contributed by atoms with Gasteiger partial charge in [-0.1, -0.05) is 6.42 Å². The van der Waals surface area contributed by atoms with Crippen molar-refractivity contribution in [3.63, 3.8) is 0 Å². The van der Waals surface area contributed by atoms with Crippen molar-refractivity contribution in [1.82, 2.24) is 5.32 Å². The van der Waals surface area contributed by atoms with Crippen LogP contribution in [-0.2, 0) is 9.59 Å². The van der Waals surface area contributed by atoms with E-state index in [0.29, 0.717) is 5.78 Å². The molecule has 1 aliphatic heterocycles. The molecule has 0 spiro atoms. The number of Topliss-reactive ketones (excluding diaryl/α,β-unsaturated/α-hetero) is 1. The van der Waals surface area contributed by atoms with E-state index in [9.17, 15) is 9.59 Å². The molecule has 1 amide bonds. The maximum absolute atomic E-state index is 10.5. The van der Waals surface area contributed by atoms with Crippen LogP contribution in [0.4, 0.5) is 0 Å². The van der Waals surface area contributed by atoms with Gasteiger partial charge in [-0.05, 0) is 25.7 Å². The predicted molar refractivity (Wildman–Crippen MR) is 55.0 cm³/mol. The Morgan fingerprint density at radius 2 is 1.43 bits per heavy atom. The number of piperidine rings is 1. The monoisotopic (exact) mass is 197 g/mol. The van der Waals surface area contributed by atoms with Crippen LogP contribution in [0.5, 0.6) is 0 Å². The highest BCUT2D eigenvalue weighted by atomic mass is 16.1. The van der Waals surface area contributed by atoms with Crippen molar-refractivity contribution in [3.05, 3.63) is 0 Å². The molecule has 2 fully saturated rings. The van der Waals surface area contributed by atoms with Crippen LogP contribution in [-0.4, -0.2) is 18.2 Å². The molecular formula is C11H19NO2. The number of hydrogen-bond acceptors (Lipinski definition) is 2. The number of nitrogens with one attached hydrogen (secondary N) is 1. The van der Waals surface area contributed by atoms with Crippen molar-refractivity contribution < 1.29 is 9.59 Å². The Kier molecular flexibility index (Phi) is 5.27. The maximum atomic E-state index is 10.5. The molecule has 80 valence electrons. The quantitative estimate of drug-likeness (QED) is 0.643. The highest BCUT2D eigenvalue weighted by molar-refractivity contribution is 5.78. The van der Waals surface area contributed by atoms with Crippen LogP contribution >= 0.6 is 0 Å². The lowest BCUT2D eigenvalue weighted by Crippen LogP contribution is -2.28. The summed E-state index contributed by atoms with van der Waals surface area (Å²) < 4.78 is 0. The largest absolute Gasteiger partial charge is 0.356 e. The van der Waals surface area contributed by atoms with Crippen molar-refractivity contribution in [2.45, 2.75) is 51.4 Å². The zero-order chi connectivity index (χ0) is 10.2. The molecule has 14 heavy (non-hydrogen) atoms. The minimum Gasteiger partial charge on any atom is -0.356 e. The summed E-state index contributed by atoms with van der Waals surface area (Å²) in [4.78, 5) is 20.8. The Labute approximate surface area is 85.3 Å². The highest BCUT2D eigenvalue weighted by Gasteiger charge is 2.06. The molecule has 0 unspecified atom stereocenters. The van der Waals surface area contributed by atoms with E-state index in [1.165, 1.54) is 6.42 Å². The van der Waals surface area contributed by atoms with Crippen LogP contribution in [0.25, 0.3) is 0 Å². The fourth-order valence-corrected chi connectivity index (χ4v) is 1.67. The van der Waals surface area contributed by atoms with Gasteiger partial charge in [-0.3, -0.25) is 9.59 Å². The molecule has 0 bridgehead atoms. The molecule has 0 atom stereocenters. The van der Waals surface area contributed by atoms with Gasteiger partial charge in [0, 0.05) is 25.8 Å². The van der Waals surface area contributed by atoms with Crippen LogP contribution in [0.2, 0.25) is 0 Å². The molecule has 2 rings (SSSR count). The molecule has 3 heteroatoms. The maximum Gasteiger partial charge on any atom is 0.219 e. The summed E-state index contributed by atoms with van der Waals surface area (Å²) >= 11 is 0. The van der Waals surface area contributed by atoms with Gasteiger partial charge in [0.05, 0.1) is 0 Å². The third-order valence-corrected chi connectivity index (χ3v) is 2.56. The van der Waals surface area contributed by atoms with Crippen molar-refractivity contribution >= 4 is 11.7 Å². The van der Waals surface area contributed by atoms with E-state index < -0.39 is 0 Å². The SMILES string of the molecule is O=C1CCCCC1.O=C1CCCCN1. The van der Waals surface area contributed by atoms with Gasteiger partial charge >= 0.3 is 0 Å². The van der Waals surface area contributed by atoms with Gasteiger partial charge in [-0.2, -0.15) is 0 Å². The van der Waals surface area contributed by atoms with Gasteiger partial charge in [0.1, 0.15) is 5.78 Å². The molecule has 3 nitrogen and oxygen atoms in total. The third kappa shape index (κ3) is 5.00. The number of hydrogen-bond donors (Lipinski definition) is 1. The average molecular weight is 197 g/mol.